The van der Waals surface area contributed by atoms with Crippen LogP contribution >= 0.6 is 0 Å². The van der Waals surface area contributed by atoms with Gasteiger partial charge in [0.25, 0.3) is 5.91 Å². The SMILES string of the molecule is CNc1cnccc1C(=O)N(C)CC1CCC1. The van der Waals surface area contributed by atoms with E-state index in [2.05, 4.69) is 10.3 Å². The predicted molar refractivity (Wildman–Crippen MR) is 68.1 cm³/mol. The molecule has 0 spiro atoms. The minimum atomic E-state index is 0.0728. The van der Waals surface area contributed by atoms with Gasteiger partial charge in [-0.1, -0.05) is 6.42 Å². The summed E-state index contributed by atoms with van der Waals surface area (Å²) in [5, 5.41) is 3.00. The van der Waals surface area contributed by atoms with E-state index in [4.69, 9.17) is 0 Å². The molecule has 0 unspecified atom stereocenters. The first-order chi connectivity index (χ1) is 8.22. The first kappa shape index (κ1) is 11.9. The lowest BCUT2D eigenvalue weighted by molar-refractivity contribution is 0.0746. The van der Waals surface area contributed by atoms with Gasteiger partial charge in [-0.05, 0) is 24.8 Å². The molecule has 1 aromatic rings. The number of rotatable bonds is 4. The Kier molecular flexibility index (Phi) is 3.61. The van der Waals surface area contributed by atoms with Crippen LogP contribution in [0.3, 0.4) is 0 Å². The first-order valence-electron chi connectivity index (χ1n) is 6.09. The van der Waals surface area contributed by atoms with Gasteiger partial charge in [0.15, 0.2) is 0 Å². The summed E-state index contributed by atoms with van der Waals surface area (Å²) in [6, 6.07) is 1.77. The predicted octanol–water partition coefficient (Wildman–Crippen LogP) is 2.00. The van der Waals surface area contributed by atoms with Gasteiger partial charge >= 0.3 is 0 Å². The molecule has 0 atom stereocenters. The monoisotopic (exact) mass is 233 g/mol. The van der Waals surface area contributed by atoms with E-state index in [0.29, 0.717) is 11.5 Å². The van der Waals surface area contributed by atoms with Crippen molar-refractivity contribution in [3.8, 4) is 0 Å². The molecule has 1 N–H and O–H groups in total. The highest BCUT2D eigenvalue weighted by Crippen LogP contribution is 2.27. The second-order valence-corrected chi connectivity index (χ2v) is 4.65. The molecule has 1 saturated carbocycles. The zero-order valence-electron chi connectivity index (χ0n) is 10.4. The molecule has 2 rings (SSSR count). The van der Waals surface area contributed by atoms with E-state index in [-0.39, 0.29) is 5.91 Å². The number of hydrogen-bond acceptors (Lipinski definition) is 3. The van der Waals surface area contributed by atoms with E-state index >= 15 is 0 Å². The van der Waals surface area contributed by atoms with Crippen molar-refractivity contribution >= 4 is 11.6 Å². The maximum Gasteiger partial charge on any atom is 0.255 e. The molecular formula is C13H19N3O. The van der Waals surface area contributed by atoms with E-state index in [1.165, 1.54) is 19.3 Å². The van der Waals surface area contributed by atoms with Crippen LogP contribution in [0.1, 0.15) is 29.6 Å². The summed E-state index contributed by atoms with van der Waals surface area (Å²) in [4.78, 5) is 18.1. The van der Waals surface area contributed by atoms with E-state index in [1.54, 1.807) is 25.5 Å². The Morgan fingerprint density at radius 1 is 1.59 bits per heavy atom. The second-order valence-electron chi connectivity index (χ2n) is 4.65. The smallest absolute Gasteiger partial charge is 0.255 e. The molecule has 0 radical (unpaired) electrons. The molecule has 1 heterocycles. The molecule has 0 bridgehead atoms. The third-order valence-corrected chi connectivity index (χ3v) is 3.42. The number of carbonyl (C=O) groups is 1. The lowest BCUT2D eigenvalue weighted by atomic mass is 9.85. The summed E-state index contributed by atoms with van der Waals surface area (Å²) >= 11 is 0. The van der Waals surface area contributed by atoms with Gasteiger partial charge in [0.1, 0.15) is 0 Å². The lowest BCUT2D eigenvalue weighted by Gasteiger charge is -2.30. The molecule has 0 aliphatic heterocycles. The topological polar surface area (TPSA) is 45.2 Å². The van der Waals surface area contributed by atoms with Gasteiger partial charge in [0.05, 0.1) is 17.4 Å². The van der Waals surface area contributed by atoms with Crippen LogP contribution in [0.2, 0.25) is 0 Å². The maximum absolute atomic E-state index is 12.3. The fourth-order valence-corrected chi connectivity index (χ4v) is 2.13. The molecule has 1 aromatic heterocycles. The van der Waals surface area contributed by atoms with Crippen LogP contribution in [0.5, 0.6) is 0 Å². The van der Waals surface area contributed by atoms with Gasteiger partial charge in [-0.3, -0.25) is 9.78 Å². The van der Waals surface area contributed by atoms with Gasteiger partial charge in [-0.2, -0.15) is 0 Å². The summed E-state index contributed by atoms with van der Waals surface area (Å²) in [6.45, 7) is 0.865. The van der Waals surface area contributed by atoms with E-state index in [1.807, 2.05) is 11.9 Å². The Balaban J connectivity index is 2.06. The van der Waals surface area contributed by atoms with Crippen molar-refractivity contribution in [1.82, 2.24) is 9.88 Å². The number of nitrogens with one attached hydrogen (secondary N) is 1. The molecular weight excluding hydrogens is 214 g/mol. The molecule has 4 nitrogen and oxygen atoms in total. The second kappa shape index (κ2) is 5.17. The number of hydrogen-bond donors (Lipinski definition) is 1. The average Bonchev–Trinajstić information content (AvgIpc) is 2.32. The van der Waals surface area contributed by atoms with Crippen LogP contribution in [-0.2, 0) is 0 Å². The number of nitrogens with zero attached hydrogens (tertiary/aromatic N) is 2. The van der Waals surface area contributed by atoms with E-state index in [9.17, 15) is 4.79 Å². The van der Waals surface area contributed by atoms with Crippen LogP contribution in [0, 0.1) is 5.92 Å². The van der Waals surface area contributed by atoms with Crippen molar-refractivity contribution in [1.29, 1.82) is 0 Å². The largest absolute Gasteiger partial charge is 0.386 e. The van der Waals surface area contributed by atoms with Crippen LogP contribution < -0.4 is 5.32 Å². The van der Waals surface area contributed by atoms with Crippen molar-refractivity contribution in [2.45, 2.75) is 19.3 Å². The standard InChI is InChI=1S/C13H19N3O/c1-14-12-8-15-7-6-11(12)13(17)16(2)9-10-4-3-5-10/h6-8,10,14H,3-5,9H2,1-2H3. The number of pyridine rings is 1. The molecule has 1 aliphatic rings. The molecule has 0 saturated heterocycles. The van der Waals surface area contributed by atoms with Crippen molar-refractivity contribution in [2.24, 2.45) is 5.92 Å². The molecule has 92 valence electrons. The van der Waals surface area contributed by atoms with Crippen LogP contribution in [0.4, 0.5) is 5.69 Å². The summed E-state index contributed by atoms with van der Waals surface area (Å²) in [7, 11) is 3.68. The fourth-order valence-electron chi connectivity index (χ4n) is 2.13. The van der Waals surface area contributed by atoms with Crippen LogP contribution in [0.15, 0.2) is 18.5 Å². The molecule has 0 aromatic carbocycles. The summed E-state index contributed by atoms with van der Waals surface area (Å²) < 4.78 is 0. The maximum atomic E-state index is 12.3. The van der Waals surface area contributed by atoms with Crippen molar-refractivity contribution in [3.63, 3.8) is 0 Å². The fraction of sp³-hybridized carbons (Fsp3) is 0.538. The van der Waals surface area contributed by atoms with Gasteiger partial charge in [0.2, 0.25) is 0 Å². The Morgan fingerprint density at radius 2 is 2.35 bits per heavy atom. The van der Waals surface area contributed by atoms with E-state index in [0.717, 1.165) is 12.2 Å². The third kappa shape index (κ3) is 2.57. The van der Waals surface area contributed by atoms with E-state index < -0.39 is 0 Å². The Morgan fingerprint density at radius 3 is 2.94 bits per heavy atom. The van der Waals surface area contributed by atoms with Crippen LogP contribution in [-0.4, -0.2) is 36.4 Å². The summed E-state index contributed by atoms with van der Waals surface area (Å²) in [6.07, 6.45) is 7.17. The lowest BCUT2D eigenvalue weighted by Crippen LogP contribution is -2.34. The Bertz CT molecular complexity index is 401. The number of carbonyl (C=O) groups excluding carboxylic acids is 1. The van der Waals surface area contributed by atoms with Crippen LogP contribution in [0.25, 0.3) is 0 Å². The minimum absolute atomic E-state index is 0.0728. The third-order valence-electron chi connectivity index (χ3n) is 3.42. The summed E-state index contributed by atoms with van der Waals surface area (Å²) in [5.41, 5.74) is 1.49. The molecule has 1 fully saturated rings. The molecule has 17 heavy (non-hydrogen) atoms. The van der Waals surface area contributed by atoms with Crippen molar-refractivity contribution in [3.05, 3.63) is 24.0 Å². The Labute approximate surface area is 102 Å². The highest BCUT2D eigenvalue weighted by molar-refractivity contribution is 5.99. The normalized spacial score (nSPS) is 15.2. The molecule has 1 aliphatic carbocycles. The number of anilines is 1. The number of aromatic nitrogens is 1. The van der Waals surface area contributed by atoms with Gasteiger partial charge in [-0.25, -0.2) is 0 Å². The summed E-state index contributed by atoms with van der Waals surface area (Å²) in [5.74, 6) is 0.771. The zero-order valence-corrected chi connectivity index (χ0v) is 10.4. The average molecular weight is 233 g/mol. The number of amides is 1. The van der Waals surface area contributed by atoms with Crippen molar-refractivity contribution < 1.29 is 4.79 Å². The zero-order chi connectivity index (χ0) is 12.3. The van der Waals surface area contributed by atoms with Gasteiger partial charge in [-0.15, -0.1) is 0 Å². The van der Waals surface area contributed by atoms with Crippen molar-refractivity contribution in [2.75, 3.05) is 26.0 Å². The Hall–Kier alpha value is -1.58. The minimum Gasteiger partial charge on any atom is -0.386 e. The van der Waals surface area contributed by atoms with Gasteiger partial charge < -0.3 is 10.2 Å². The highest BCUT2D eigenvalue weighted by atomic mass is 16.2. The quantitative estimate of drug-likeness (QED) is 0.865. The molecule has 1 amide bonds. The first-order valence-corrected chi connectivity index (χ1v) is 6.09. The highest BCUT2D eigenvalue weighted by Gasteiger charge is 2.22. The van der Waals surface area contributed by atoms with Gasteiger partial charge in [0, 0.05) is 26.8 Å². The molecule has 4 heteroatoms.